The molecule has 2 unspecified atom stereocenters. The first-order valence-corrected chi connectivity index (χ1v) is 7.74. The van der Waals surface area contributed by atoms with E-state index >= 15 is 0 Å². The zero-order valence-corrected chi connectivity index (χ0v) is 13.4. The molecule has 2 atom stereocenters. The zero-order valence-electron chi connectivity index (χ0n) is 11.8. The summed E-state index contributed by atoms with van der Waals surface area (Å²) in [4.78, 5) is 1.28. The van der Waals surface area contributed by atoms with Gasteiger partial charge in [0.1, 0.15) is 0 Å². The van der Waals surface area contributed by atoms with Crippen LogP contribution in [0.15, 0.2) is 30.3 Å². The van der Waals surface area contributed by atoms with E-state index in [9.17, 15) is 0 Å². The number of halogens is 1. The maximum Gasteiger partial charge on any atom is 0.0931 e. The molecule has 2 rings (SSSR count). The van der Waals surface area contributed by atoms with Crippen molar-refractivity contribution in [3.63, 3.8) is 0 Å². The van der Waals surface area contributed by atoms with Gasteiger partial charge in [-0.15, -0.1) is 11.3 Å². The largest absolute Gasteiger partial charge is 0.303 e. The van der Waals surface area contributed by atoms with Crippen molar-refractivity contribution in [3.8, 4) is 0 Å². The van der Waals surface area contributed by atoms with Gasteiger partial charge in [-0.05, 0) is 45.4 Å². The standard InChI is InChI=1S/C16H20ClNS/c1-10-7-11(2)9-14(8-10)12(3)18-13(4)15-5-6-16(17)19-15/h5-9,12-13,18H,1-4H3. The second kappa shape index (κ2) is 6.08. The predicted molar refractivity (Wildman–Crippen MR) is 85.2 cm³/mol. The van der Waals surface area contributed by atoms with Crippen LogP contribution < -0.4 is 5.32 Å². The fourth-order valence-electron chi connectivity index (χ4n) is 2.37. The van der Waals surface area contributed by atoms with Crippen molar-refractivity contribution >= 4 is 22.9 Å². The lowest BCUT2D eigenvalue weighted by Gasteiger charge is -2.20. The summed E-state index contributed by atoms with van der Waals surface area (Å²) < 4.78 is 0.850. The minimum atomic E-state index is 0.313. The van der Waals surface area contributed by atoms with Gasteiger partial charge in [-0.1, -0.05) is 40.9 Å². The Morgan fingerprint density at radius 3 is 2.16 bits per heavy atom. The van der Waals surface area contributed by atoms with Crippen LogP contribution in [-0.4, -0.2) is 0 Å². The summed E-state index contributed by atoms with van der Waals surface area (Å²) in [5, 5.41) is 3.63. The normalized spacial score (nSPS) is 14.4. The van der Waals surface area contributed by atoms with E-state index in [4.69, 9.17) is 11.6 Å². The highest BCUT2D eigenvalue weighted by Crippen LogP contribution is 2.28. The second-order valence-electron chi connectivity index (χ2n) is 5.17. The molecule has 0 radical (unpaired) electrons. The summed E-state index contributed by atoms with van der Waals surface area (Å²) >= 11 is 7.63. The molecule has 2 aromatic rings. The highest BCUT2D eigenvalue weighted by atomic mass is 35.5. The molecule has 0 saturated carbocycles. The molecule has 1 nitrogen and oxygen atoms in total. The topological polar surface area (TPSA) is 12.0 Å². The fourth-order valence-corrected chi connectivity index (χ4v) is 3.45. The van der Waals surface area contributed by atoms with Crippen LogP contribution in [0.4, 0.5) is 0 Å². The van der Waals surface area contributed by atoms with Crippen molar-refractivity contribution in [3.05, 3.63) is 56.2 Å². The Bertz CT molecular complexity index is 541. The molecule has 0 saturated heterocycles. The van der Waals surface area contributed by atoms with E-state index in [0.717, 1.165) is 4.34 Å². The summed E-state index contributed by atoms with van der Waals surface area (Å²) in [5.41, 5.74) is 3.97. The van der Waals surface area contributed by atoms with Crippen molar-refractivity contribution in [1.29, 1.82) is 0 Å². The number of benzene rings is 1. The average Bonchev–Trinajstić information content (AvgIpc) is 2.74. The van der Waals surface area contributed by atoms with Gasteiger partial charge in [0.2, 0.25) is 0 Å². The van der Waals surface area contributed by atoms with E-state index in [1.165, 1.54) is 21.6 Å². The number of nitrogens with one attached hydrogen (secondary N) is 1. The number of aryl methyl sites for hydroxylation is 2. The maximum atomic E-state index is 5.99. The minimum absolute atomic E-state index is 0.313. The maximum absolute atomic E-state index is 5.99. The molecule has 19 heavy (non-hydrogen) atoms. The Hall–Kier alpha value is -0.830. The van der Waals surface area contributed by atoms with Crippen LogP contribution in [0.3, 0.4) is 0 Å². The molecule has 0 aliphatic carbocycles. The highest BCUT2D eigenvalue weighted by molar-refractivity contribution is 7.16. The van der Waals surface area contributed by atoms with Gasteiger partial charge in [0.25, 0.3) is 0 Å². The van der Waals surface area contributed by atoms with E-state index in [2.05, 4.69) is 57.3 Å². The highest BCUT2D eigenvalue weighted by Gasteiger charge is 2.13. The van der Waals surface area contributed by atoms with Gasteiger partial charge in [0.05, 0.1) is 4.34 Å². The van der Waals surface area contributed by atoms with Crippen LogP contribution >= 0.6 is 22.9 Å². The fraction of sp³-hybridized carbons (Fsp3) is 0.375. The van der Waals surface area contributed by atoms with Gasteiger partial charge in [0, 0.05) is 17.0 Å². The monoisotopic (exact) mass is 293 g/mol. The zero-order chi connectivity index (χ0) is 14.0. The van der Waals surface area contributed by atoms with Gasteiger partial charge < -0.3 is 5.32 Å². The Labute approximate surface area is 124 Å². The second-order valence-corrected chi connectivity index (χ2v) is 6.92. The molecule has 0 aliphatic rings. The van der Waals surface area contributed by atoms with Crippen LogP contribution in [-0.2, 0) is 0 Å². The molecule has 1 N–H and O–H groups in total. The molecule has 1 aromatic heterocycles. The molecule has 0 bridgehead atoms. The molecular weight excluding hydrogens is 274 g/mol. The van der Waals surface area contributed by atoms with Crippen LogP contribution in [0.5, 0.6) is 0 Å². The van der Waals surface area contributed by atoms with E-state index in [-0.39, 0.29) is 0 Å². The van der Waals surface area contributed by atoms with Gasteiger partial charge in [-0.2, -0.15) is 0 Å². The summed E-state index contributed by atoms with van der Waals surface area (Å²) in [5.74, 6) is 0. The van der Waals surface area contributed by atoms with Crippen molar-refractivity contribution in [1.82, 2.24) is 5.32 Å². The Balaban J connectivity index is 2.10. The first-order chi connectivity index (χ1) is 8.95. The smallest absolute Gasteiger partial charge is 0.0931 e. The number of thiophene rings is 1. The molecule has 1 aromatic carbocycles. The van der Waals surface area contributed by atoms with E-state index in [1.807, 2.05) is 6.07 Å². The third kappa shape index (κ3) is 3.82. The molecular formula is C16H20ClNS. The number of hydrogen-bond donors (Lipinski definition) is 1. The Kier molecular flexibility index (Phi) is 4.67. The van der Waals surface area contributed by atoms with Crippen molar-refractivity contribution in [2.45, 2.75) is 39.8 Å². The Morgan fingerprint density at radius 2 is 1.63 bits per heavy atom. The SMILES string of the molecule is Cc1cc(C)cc(C(C)NC(C)c2ccc(Cl)s2)c1. The third-order valence-electron chi connectivity index (χ3n) is 3.26. The van der Waals surface area contributed by atoms with Gasteiger partial charge >= 0.3 is 0 Å². The number of hydrogen-bond acceptors (Lipinski definition) is 2. The lowest BCUT2D eigenvalue weighted by molar-refractivity contribution is 0.500. The Morgan fingerprint density at radius 1 is 1.00 bits per heavy atom. The average molecular weight is 294 g/mol. The lowest BCUT2D eigenvalue weighted by Crippen LogP contribution is -2.21. The number of rotatable bonds is 4. The first-order valence-electron chi connectivity index (χ1n) is 6.55. The van der Waals surface area contributed by atoms with Gasteiger partial charge in [-0.3, -0.25) is 0 Å². The van der Waals surface area contributed by atoms with E-state index in [0.29, 0.717) is 12.1 Å². The van der Waals surface area contributed by atoms with Crippen LogP contribution in [0.2, 0.25) is 4.34 Å². The van der Waals surface area contributed by atoms with Gasteiger partial charge in [-0.25, -0.2) is 0 Å². The summed E-state index contributed by atoms with van der Waals surface area (Å²) in [6.45, 7) is 8.68. The van der Waals surface area contributed by atoms with Gasteiger partial charge in [0.15, 0.2) is 0 Å². The quantitative estimate of drug-likeness (QED) is 0.792. The van der Waals surface area contributed by atoms with Crippen LogP contribution in [0.1, 0.15) is 47.5 Å². The molecule has 0 spiro atoms. The van der Waals surface area contributed by atoms with E-state index in [1.54, 1.807) is 11.3 Å². The van der Waals surface area contributed by atoms with Crippen molar-refractivity contribution in [2.24, 2.45) is 0 Å². The summed E-state index contributed by atoms with van der Waals surface area (Å²) in [6.07, 6.45) is 0. The lowest BCUT2D eigenvalue weighted by atomic mass is 10.0. The summed E-state index contributed by atoms with van der Waals surface area (Å²) in [7, 11) is 0. The third-order valence-corrected chi connectivity index (χ3v) is 4.68. The summed E-state index contributed by atoms with van der Waals surface area (Å²) in [6, 6.07) is 11.4. The molecule has 0 amide bonds. The molecule has 102 valence electrons. The van der Waals surface area contributed by atoms with E-state index < -0.39 is 0 Å². The molecule has 0 fully saturated rings. The predicted octanol–water partition coefficient (Wildman–Crippen LogP) is 5.43. The van der Waals surface area contributed by atoms with Crippen molar-refractivity contribution < 1.29 is 0 Å². The molecule has 0 aliphatic heterocycles. The minimum Gasteiger partial charge on any atom is -0.303 e. The first kappa shape index (κ1) is 14.6. The van der Waals surface area contributed by atoms with Crippen molar-refractivity contribution in [2.75, 3.05) is 0 Å². The van der Waals surface area contributed by atoms with Crippen LogP contribution in [0, 0.1) is 13.8 Å². The van der Waals surface area contributed by atoms with Crippen LogP contribution in [0.25, 0.3) is 0 Å². The molecule has 1 heterocycles. The molecule has 3 heteroatoms.